The van der Waals surface area contributed by atoms with Crippen molar-refractivity contribution in [2.45, 2.75) is 13.5 Å². The average Bonchev–Trinajstić information content (AvgIpc) is 2.77. The molecule has 0 aliphatic rings. The van der Waals surface area contributed by atoms with E-state index >= 15 is 0 Å². The van der Waals surface area contributed by atoms with E-state index in [1.54, 1.807) is 6.07 Å². The molecule has 6 nitrogen and oxygen atoms in total. The van der Waals surface area contributed by atoms with Crippen molar-refractivity contribution in [1.82, 2.24) is 15.2 Å². The van der Waals surface area contributed by atoms with Gasteiger partial charge in [-0.2, -0.15) is 5.10 Å². The van der Waals surface area contributed by atoms with Crippen molar-refractivity contribution in [2.24, 2.45) is 5.73 Å². The number of nitrogens with one attached hydrogen (secondary N) is 2. The molecule has 0 radical (unpaired) electrons. The van der Waals surface area contributed by atoms with Gasteiger partial charge in [0.15, 0.2) is 5.82 Å². The zero-order valence-electron chi connectivity index (χ0n) is 9.40. The summed E-state index contributed by atoms with van der Waals surface area (Å²) in [6.45, 7) is 1.78. The maximum atomic E-state index is 10.9. The topological polar surface area (TPSA) is 96.7 Å². The second-order valence-electron chi connectivity index (χ2n) is 3.57. The molecule has 1 amide bonds. The number of hydrogen-bond donors (Lipinski definition) is 3. The SMILES string of the molecule is CC(=O)Nc1cccc(-c2n[nH]c(CN)n2)c1. The van der Waals surface area contributed by atoms with Crippen LogP contribution in [0.15, 0.2) is 24.3 Å². The third-order valence-corrected chi connectivity index (χ3v) is 2.17. The van der Waals surface area contributed by atoms with Crippen molar-refractivity contribution in [1.29, 1.82) is 0 Å². The van der Waals surface area contributed by atoms with Crippen molar-refractivity contribution in [2.75, 3.05) is 5.32 Å². The Labute approximate surface area is 98.3 Å². The molecule has 0 aliphatic heterocycles. The zero-order chi connectivity index (χ0) is 12.3. The number of aromatic amines is 1. The van der Waals surface area contributed by atoms with Gasteiger partial charge in [0.05, 0.1) is 6.54 Å². The van der Waals surface area contributed by atoms with Crippen LogP contribution in [0.25, 0.3) is 11.4 Å². The maximum absolute atomic E-state index is 10.9. The lowest BCUT2D eigenvalue weighted by atomic mass is 10.2. The molecule has 1 aromatic carbocycles. The number of carbonyl (C=O) groups is 1. The van der Waals surface area contributed by atoms with Gasteiger partial charge in [-0.1, -0.05) is 12.1 Å². The molecule has 0 unspecified atom stereocenters. The number of amides is 1. The second-order valence-corrected chi connectivity index (χ2v) is 3.57. The lowest BCUT2D eigenvalue weighted by molar-refractivity contribution is -0.114. The first-order valence-corrected chi connectivity index (χ1v) is 5.18. The maximum Gasteiger partial charge on any atom is 0.221 e. The van der Waals surface area contributed by atoms with Crippen molar-refractivity contribution in [3.05, 3.63) is 30.1 Å². The predicted molar refractivity (Wildman–Crippen MR) is 64.0 cm³/mol. The molecule has 17 heavy (non-hydrogen) atoms. The Hall–Kier alpha value is -2.21. The standard InChI is InChI=1S/C11H13N5O/c1-7(17)13-9-4-2-3-8(5-9)11-14-10(6-12)15-16-11/h2-5H,6,12H2,1H3,(H,13,17)(H,14,15,16). The van der Waals surface area contributed by atoms with E-state index in [4.69, 9.17) is 5.73 Å². The molecule has 0 atom stereocenters. The summed E-state index contributed by atoms with van der Waals surface area (Å²) in [6, 6.07) is 7.32. The van der Waals surface area contributed by atoms with E-state index in [1.165, 1.54) is 6.92 Å². The second kappa shape index (κ2) is 4.75. The third-order valence-electron chi connectivity index (χ3n) is 2.17. The number of nitrogens with zero attached hydrogens (tertiary/aromatic N) is 2. The van der Waals surface area contributed by atoms with Crippen molar-refractivity contribution in [3.63, 3.8) is 0 Å². The summed E-state index contributed by atoms with van der Waals surface area (Å²) in [4.78, 5) is 15.2. The molecule has 0 spiro atoms. The van der Waals surface area contributed by atoms with E-state index in [9.17, 15) is 4.79 Å². The normalized spacial score (nSPS) is 10.2. The minimum Gasteiger partial charge on any atom is -0.326 e. The molecule has 0 saturated heterocycles. The molecule has 0 fully saturated rings. The van der Waals surface area contributed by atoms with Gasteiger partial charge in [-0.15, -0.1) is 0 Å². The lowest BCUT2D eigenvalue weighted by Crippen LogP contribution is -2.05. The van der Waals surface area contributed by atoms with Gasteiger partial charge in [0.2, 0.25) is 5.91 Å². The highest BCUT2D eigenvalue weighted by atomic mass is 16.1. The first-order valence-electron chi connectivity index (χ1n) is 5.18. The van der Waals surface area contributed by atoms with Crippen LogP contribution >= 0.6 is 0 Å². The fraction of sp³-hybridized carbons (Fsp3) is 0.182. The first-order chi connectivity index (χ1) is 8.19. The first kappa shape index (κ1) is 11.3. The van der Waals surface area contributed by atoms with Gasteiger partial charge in [0.1, 0.15) is 5.82 Å². The molecule has 88 valence electrons. The van der Waals surface area contributed by atoms with E-state index in [1.807, 2.05) is 18.2 Å². The molecule has 0 bridgehead atoms. The van der Waals surface area contributed by atoms with E-state index in [0.717, 1.165) is 5.56 Å². The van der Waals surface area contributed by atoms with Crippen LogP contribution in [0.4, 0.5) is 5.69 Å². The summed E-state index contributed by atoms with van der Waals surface area (Å²) in [5.74, 6) is 1.09. The van der Waals surface area contributed by atoms with Crippen LogP contribution in [0, 0.1) is 0 Å². The number of nitrogens with two attached hydrogens (primary N) is 1. The Morgan fingerprint density at radius 1 is 1.53 bits per heavy atom. The van der Waals surface area contributed by atoms with Gasteiger partial charge in [-0.05, 0) is 12.1 Å². The van der Waals surface area contributed by atoms with Crippen LogP contribution in [0.1, 0.15) is 12.7 Å². The average molecular weight is 231 g/mol. The largest absolute Gasteiger partial charge is 0.326 e. The molecule has 1 aromatic heterocycles. The molecular formula is C11H13N5O. The van der Waals surface area contributed by atoms with Crippen LogP contribution in [0.5, 0.6) is 0 Å². The van der Waals surface area contributed by atoms with Crippen molar-refractivity contribution < 1.29 is 4.79 Å². The van der Waals surface area contributed by atoms with Crippen LogP contribution < -0.4 is 11.1 Å². The lowest BCUT2D eigenvalue weighted by Gasteiger charge is -2.02. The van der Waals surface area contributed by atoms with E-state index < -0.39 is 0 Å². The van der Waals surface area contributed by atoms with Gasteiger partial charge >= 0.3 is 0 Å². The van der Waals surface area contributed by atoms with E-state index in [-0.39, 0.29) is 5.91 Å². The van der Waals surface area contributed by atoms with E-state index in [2.05, 4.69) is 20.5 Å². The van der Waals surface area contributed by atoms with Gasteiger partial charge in [-0.3, -0.25) is 9.89 Å². The Kier molecular flexibility index (Phi) is 3.15. The number of hydrogen-bond acceptors (Lipinski definition) is 4. The monoisotopic (exact) mass is 231 g/mol. The molecular weight excluding hydrogens is 218 g/mol. The Morgan fingerprint density at radius 2 is 2.35 bits per heavy atom. The van der Waals surface area contributed by atoms with Crippen LogP contribution in [-0.4, -0.2) is 21.1 Å². The minimum absolute atomic E-state index is 0.111. The van der Waals surface area contributed by atoms with Crippen LogP contribution in [0.3, 0.4) is 0 Å². The highest BCUT2D eigenvalue weighted by molar-refractivity contribution is 5.89. The van der Waals surface area contributed by atoms with E-state index in [0.29, 0.717) is 23.9 Å². The van der Waals surface area contributed by atoms with Gasteiger partial charge < -0.3 is 11.1 Å². The van der Waals surface area contributed by atoms with Gasteiger partial charge in [0, 0.05) is 18.2 Å². The molecule has 4 N–H and O–H groups in total. The summed E-state index contributed by atoms with van der Waals surface area (Å²) in [6.07, 6.45) is 0. The molecule has 2 aromatic rings. The summed E-state index contributed by atoms with van der Waals surface area (Å²) in [5.41, 5.74) is 6.99. The summed E-state index contributed by atoms with van der Waals surface area (Å²) in [5, 5.41) is 9.50. The Morgan fingerprint density at radius 3 is 3.00 bits per heavy atom. The molecule has 2 rings (SSSR count). The third kappa shape index (κ3) is 2.67. The van der Waals surface area contributed by atoms with Crippen LogP contribution in [0.2, 0.25) is 0 Å². The number of H-pyrrole nitrogens is 1. The Bertz CT molecular complexity index is 534. The van der Waals surface area contributed by atoms with Gasteiger partial charge in [-0.25, -0.2) is 4.98 Å². The fourth-order valence-corrected chi connectivity index (χ4v) is 1.46. The molecule has 1 heterocycles. The molecule has 0 aliphatic carbocycles. The summed E-state index contributed by atoms with van der Waals surface area (Å²) >= 11 is 0. The number of rotatable bonds is 3. The molecule has 0 saturated carbocycles. The van der Waals surface area contributed by atoms with Crippen LogP contribution in [-0.2, 0) is 11.3 Å². The predicted octanol–water partition coefficient (Wildman–Crippen LogP) is 0.889. The number of aromatic nitrogens is 3. The summed E-state index contributed by atoms with van der Waals surface area (Å²) in [7, 11) is 0. The highest BCUT2D eigenvalue weighted by Crippen LogP contribution is 2.19. The molecule has 6 heteroatoms. The number of benzene rings is 1. The van der Waals surface area contributed by atoms with Crippen molar-refractivity contribution in [3.8, 4) is 11.4 Å². The fourth-order valence-electron chi connectivity index (χ4n) is 1.46. The van der Waals surface area contributed by atoms with Gasteiger partial charge in [0.25, 0.3) is 0 Å². The van der Waals surface area contributed by atoms with Crippen molar-refractivity contribution >= 4 is 11.6 Å². The highest BCUT2D eigenvalue weighted by Gasteiger charge is 2.05. The minimum atomic E-state index is -0.111. The quantitative estimate of drug-likeness (QED) is 0.730. The smallest absolute Gasteiger partial charge is 0.221 e. The Balaban J connectivity index is 2.29. The number of anilines is 1. The number of carbonyl (C=O) groups excluding carboxylic acids is 1. The summed E-state index contributed by atoms with van der Waals surface area (Å²) < 4.78 is 0. The zero-order valence-corrected chi connectivity index (χ0v) is 9.40.